The van der Waals surface area contributed by atoms with Crippen LogP contribution >= 0.6 is 22.6 Å². The number of hydrogen-bond donors (Lipinski definition) is 1. The van der Waals surface area contributed by atoms with Gasteiger partial charge in [-0.2, -0.15) is 0 Å². The average Bonchev–Trinajstić information content (AvgIpc) is 2.84. The monoisotopic (exact) mass is 340 g/mol. The number of hydrogen-bond acceptors (Lipinski definition) is 1. The van der Waals surface area contributed by atoms with Crippen molar-refractivity contribution >= 4 is 28.5 Å². The Morgan fingerprint density at radius 1 is 1.29 bits per heavy atom. The second kappa shape index (κ2) is 5.35. The van der Waals surface area contributed by atoms with Crippen LogP contribution in [0.2, 0.25) is 0 Å². The SMILES string of the molecule is CN(Cc1ccccc1I)C(=O)c1ccc[nH]1. The van der Waals surface area contributed by atoms with Crippen LogP contribution in [0.5, 0.6) is 0 Å². The van der Waals surface area contributed by atoms with Crippen molar-refractivity contribution in [1.29, 1.82) is 0 Å². The number of nitrogens with zero attached hydrogens (tertiary/aromatic N) is 1. The average molecular weight is 340 g/mol. The van der Waals surface area contributed by atoms with Gasteiger partial charge in [0.2, 0.25) is 0 Å². The molecule has 0 aliphatic carbocycles. The van der Waals surface area contributed by atoms with E-state index in [-0.39, 0.29) is 5.91 Å². The molecule has 1 aromatic carbocycles. The second-order valence-electron chi connectivity index (χ2n) is 3.84. The van der Waals surface area contributed by atoms with Crippen molar-refractivity contribution in [3.05, 3.63) is 57.4 Å². The molecule has 1 aromatic heterocycles. The Bertz CT molecular complexity index is 508. The Hall–Kier alpha value is -1.30. The van der Waals surface area contributed by atoms with Gasteiger partial charge in [-0.15, -0.1) is 0 Å². The summed E-state index contributed by atoms with van der Waals surface area (Å²) < 4.78 is 1.18. The van der Waals surface area contributed by atoms with Gasteiger partial charge in [-0.25, -0.2) is 0 Å². The molecule has 17 heavy (non-hydrogen) atoms. The van der Waals surface area contributed by atoms with Crippen molar-refractivity contribution in [3.63, 3.8) is 0 Å². The molecule has 0 aliphatic rings. The Morgan fingerprint density at radius 3 is 2.71 bits per heavy atom. The van der Waals surface area contributed by atoms with Crippen LogP contribution in [0.3, 0.4) is 0 Å². The number of H-pyrrole nitrogens is 1. The van der Waals surface area contributed by atoms with Crippen molar-refractivity contribution < 1.29 is 4.79 Å². The number of benzene rings is 1. The molecule has 4 heteroatoms. The molecule has 1 amide bonds. The maximum absolute atomic E-state index is 12.0. The minimum Gasteiger partial charge on any atom is -0.357 e. The molecule has 3 nitrogen and oxygen atoms in total. The van der Waals surface area contributed by atoms with Crippen molar-refractivity contribution in [1.82, 2.24) is 9.88 Å². The largest absolute Gasteiger partial charge is 0.357 e. The Balaban J connectivity index is 2.10. The zero-order valence-corrected chi connectivity index (χ0v) is 11.6. The molecule has 2 rings (SSSR count). The zero-order chi connectivity index (χ0) is 12.3. The van der Waals surface area contributed by atoms with E-state index in [0.717, 1.165) is 5.56 Å². The molecular formula is C13H13IN2O. The fourth-order valence-electron chi connectivity index (χ4n) is 1.62. The van der Waals surface area contributed by atoms with Gasteiger partial charge in [0.15, 0.2) is 0 Å². The van der Waals surface area contributed by atoms with Crippen molar-refractivity contribution in [2.75, 3.05) is 7.05 Å². The normalized spacial score (nSPS) is 10.2. The first-order valence-corrected chi connectivity index (χ1v) is 6.38. The van der Waals surface area contributed by atoms with Gasteiger partial charge in [-0.3, -0.25) is 4.79 Å². The van der Waals surface area contributed by atoms with Gasteiger partial charge in [0.25, 0.3) is 5.91 Å². The Kier molecular flexibility index (Phi) is 3.83. The molecule has 0 spiro atoms. The summed E-state index contributed by atoms with van der Waals surface area (Å²) in [5.41, 5.74) is 1.79. The van der Waals surface area contributed by atoms with Crippen LogP contribution in [-0.2, 0) is 6.54 Å². The van der Waals surface area contributed by atoms with Gasteiger partial charge in [0, 0.05) is 23.4 Å². The van der Waals surface area contributed by atoms with Crippen molar-refractivity contribution in [2.45, 2.75) is 6.54 Å². The number of aromatic amines is 1. The lowest BCUT2D eigenvalue weighted by Gasteiger charge is -2.17. The summed E-state index contributed by atoms with van der Waals surface area (Å²) in [4.78, 5) is 16.7. The van der Waals surface area contributed by atoms with E-state index in [1.807, 2.05) is 37.4 Å². The fraction of sp³-hybridized carbons (Fsp3) is 0.154. The van der Waals surface area contributed by atoms with E-state index in [9.17, 15) is 4.79 Å². The molecule has 0 radical (unpaired) electrons. The molecule has 2 aromatic rings. The number of halogens is 1. The highest BCUT2D eigenvalue weighted by atomic mass is 127. The molecule has 0 saturated heterocycles. The standard InChI is InChI=1S/C13H13IN2O/c1-16(13(17)12-7-4-8-15-12)9-10-5-2-3-6-11(10)14/h2-8,15H,9H2,1H3. The lowest BCUT2D eigenvalue weighted by atomic mass is 10.2. The summed E-state index contributed by atoms with van der Waals surface area (Å²) in [6, 6.07) is 11.7. The predicted octanol–water partition coefficient (Wildman–Crippen LogP) is 2.89. The van der Waals surface area contributed by atoms with Crippen molar-refractivity contribution in [3.8, 4) is 0 Å². The molecule has 1 heterocycles. The maximum atomic E-state index is 12.0. The molecule has 0 bridgehead atoms. The first-order chi connectivity index (χ1) is 8.18. The van der Waals surface area contributed by atoms with Gasteiger partial charge in [-0.05, 0) is 46.4 Å². The van der Waals surface area contributed by atoms with E-state index in [1.54, 1.807) is 17.2 Å². The highest BCUT2D eigenvalue weighted by Gasteiger charge is 2.13. The smallest absolute Gasteiger partial charge is 0.270 e. The van der Waals surface area contributed by atoms with Crippen molar-refractivity contribution in [2.24, 2.45) is 0 Å². The Labute approximate surface area is 114 Å². The number of nitrogens with one attached hydrogen (secondary N) is 1. The number of rotatable bonds is 3. The first-order valence-electron chi connectivity index (χ1n) is 5.31. The van der Waals surface area contributed by atoms with E-state index in [2.05, 4.69) is 27.6 Å². The molecule has 0 unspecified atom stereocenters. The molecule has 0 saturated carbocycles. The third-order valence-corrected chi connectivity index (χ3v) is 3.59. The van der Waals surface area contributed by atoms with Crippen LogP contribution in [0, 0.1) is 3.57 Å². The number of carbonyl (C=O) groups excluding carboxylic acids is 1. The van der Waals surface area contributed by atoms with Crippen LogP contribution in [-0.4, -0.2) is 22.8 Å². The summed E-state index contributed by atoms with van der Waals surface area (Å²) in [6.07, 6.45) is 1.76. The van der Waals surface area contributed by atoms with E-state index in [0.29, 0.717) is 12.2 Å². The van der Waals surface area contributed by atoms with Crippen LogP contribution in [0.1, 0.15) is 16.1 Å². The van der Waals surface area contributed by atoms with E-state index in [1.165, 1.54) is 3.57 Å². The van der Waals surface area contributed by atoms with Crippen LogP contribution in [0.4, 0.5) is 0 Å². The molecular weight excluding hydrogens is 327 g/mol. The maximum Gasteiger partial charge on any atom is 0.270 e. The lowest BCUT2D eigenvalue weighted by molar-refractivity contribution is 0.0779. The minimum atomic E-state index is 0.00894. The highest BCUT2D eigenvalue weighted by molar-refractivity contribution is 14.1. The number of amides is 1. The van der Waals surface area contributed by atoms with Gasteiger partial charge >= 0.3 is 0 Å². The first kappa shape index (κ1) is 12.2. The zero-order valence-electron chi connectivity index (χ0n) is 9.48. The summed E-state index contributed by atoms with van der Waals surface area (Å²) in [7, 11) is 1.81. The highest BCUT2D eigenvalue weighted by Crippen LogP contribution is 2.14. The van der Waals surface area contributed by atoms with E-state index in [4.69, 9.17) is 0 Å². The quantitative estimate of drug-likeness (QED) is 0.857. The molecule has 88 valence electrons. The summed E-state index contributed by atoms with van der Waals surface area (Å²) in [6.45, 7) is 0.622. The lowest BCUT2D eigenvalue weighted by Crippen LogP contribution is -2.26. The summed E-state index contributed by atoms with van der Waals surface area (Å²) in [5.74, 6) is 0.00894. The molecule has 0 atom stereocenters. The predicted molar refractivity (Wildman–Crippen MR) is 75.7 cm³/mol. The second-order valence-corrected chi connectivity index (χ2v) is 5.00. The topological polar surface area (TPSA) is 36.1 Å². The van der Waals surface area contributed by atoms with Crippen LogP contribution in [0.15, 0.2) is 42.6 Å². The fourth-order valence-corrected chi connectivity index (χ4v) is 2.18. The summed E-state index contributed by atoms with van der Waals surface area (Å²) >= 11 is 2.28. The van der Waals surface area contributed by atoms with Gasteiger partial charge in [-0.1, -0.05) is 18.2 Å². The minimum absolute atomic E-state index is 0.00894. The molecule has 1 N–H and O–H groups in total. The van der Waals surface area contributed by atoms with E-state index < -0.39 is 0 Å². The molecule has 0 fully saturated rings. The summed E-state index contributed by atoms with van der Waals surface area (Å²) in [5, 5.41) is 0. The number of carbonyl (C=O) groups is 1. The van der Waals surface area contributed by atoms with Gasteiger partial charge in [0.05, 0.1) is 0 Å². The van der Waals surface area contributed by atoms with E-state index >= 15 is 0 Å². The van der Waals surface area contributed by atoms with Crippen LogP contribution < -0.4 is 0 Å². The van der Waals surface area contributed by atoms with Gasteiger partial charge in [0.1, 0.15) is 5.69 Å². The number of aromatic nitrogens is 1. The van der Waals surface area contributed by atoms with Gasteiger partial charge < -0.3 is 9.88 Å². The third-order valence-electron chi connectivity index (χ3n) is 2.54. The third kappa shape index (κ3) is 2.88. The van der Waals surface area contributed by atoms with Crippen LogP contribution in [0.25, 0.3) is 0 Å². The molecule has 0 aliphatic heterocycles. The Morgan fingerprint density at radius 2 is 2.06 bits per heavy atom.